The summed E-state index contributed by atoms with van der Waals surface area (Å²) in [5, 5.41) is 29.6. The highest BCUT2D eigenvalue weighted by atomic mass is 16.6. The average molecular weight is 297 g/mol. The Labute approximate surface area is 117 Å². The summed E-state index contributed by atoms with van der Waals surface area (Å²) in [7, 11) is 0. The number of rotatable bonds is 2. The first-order valence-electron chi connectivity index (χ1n) is 6.25. The molecule has 21 heavy (non-hydrogen) atoms. The number of nitrogens with zero attached hydrogens (tertiary/aromatic N) is 3. The number of H-pyrrole nitrogens is 1. The van der Waals surface area contributed by atoms with E-state index in [1.165, 1.54) is 17.8 Å². The number of aliphatic hydroxyl groups excluding tert-OH is 2. The van der Waals surface area contributed by atoms with E-state index in [1.807, 2.05) is 0 Å². The summed E-state index contributed by atoms with van der Waals surface area (Å²) in [5.74, 6) is -0.104. The van der Waals surface area contributed by atoms with Crippen LogP contribution >= 0.6 is 0 Å². The van der Waals surface area contributed by atoms with E-state index >= 15 is 0 Å². The summed E-state index contributed by atoms with van der Waals surface area (Å²) in [6.07, 6.45) is -2.10. The zero-order valence-corrected chi connectivity index (χ0v) is 11.1. The van der Waals surface area contributed by atoms with Gasteiger partial charge in [0.15, 0.2) is 17.4 Å². The van der Waals surface area contributed by atoms with Gasteiger partial charge in [0.2, 0.25) is 5.95 Å². The van der Waals surface area contributed by atoms with Crippen LogP contribution in [0.3, 0.4) is 0 Å². The van der Waals surface area contributed by atoms with Gasteiger partial charge >= 0.3 is 0 Å². The Kier molecular flexibility index (Phi) is 2.99. The molecule has 3 rings (SSSR count). The van der Waals surface area contributed by atoms with Gasteiger partial charge in [0.1, 0.15) is 17.8 Å². The quantitative estimate of drug-likeness (QED) is 0.414. The Morgan fingerprint density at radius 2 is 2.33 bits per heavy atom. The lowest BCUT2D eigenvalue weighted by Gasteiger charge is -2.25. The molecule has 2 aromatic rings. The zero-order valence-electron chi connectivity index (χ0n) is 11.1. The third-order valence-corrected chi connectivity index (χ3v) is 3.72. The number of hydrogen-bond donors (Lipinski definition) is 5. The summed E-state index contributed by atoms with van der Waals surface area (Å²) in [5.41, 5.74) is 3.48. The van der Waals surface area contributed by atoms with Crippen LogP contribution in [0.4, 0.5) is 5.95 Å². The first kappa shape index (κ1) is 13.9. The molecule has 3 heterocycles. The lowest BCUT2D eigenvalue weighted by molar-refractivity contribution is -0.0804. The molecule has 0 radical (unpaired) electrons. The van der Waals surface area contributed by atoms with E-state index in [1.54, 1.807) is 0 Å². The van der Waals surface area contributed by atoms with Crippen LogP contribution in [-0.4, -0.2) is 59.3 Å². The fourth-order valence-corrected chi connectivity index (χ4v) is 2.43. The van der Waals surface area contributed by atoms with Crippen molar-refractivity contribution in [2.24, 2.45) is 0 Å². The number of aliphatic hydroxyl groups is 3. The molecular formula is C11H15N5O5. The minimum absolute atomic E-state index is 0.0343. The molecule has 1 fully saturated rings. The number of fused-ring (bicyclic) bond motifs is 1. The molecule has 4 atom stereocenters. The van der Waals surface area contributed by atoms with Crippen LogP contribution in [0.15, 0.2) is 11.1 Å². The molecule has 0 saturated carbocycles. The topological polar surface area (TPSA) is 160 Å². The molecule has 2 aromatic heterocycles. The van der Waals surface area contributed by atoms with Gasteiger partial charge in [-0.25, -0.2) is 4.98 Å². The smallest absolute Gasteiger partial charge is 0.280 e. The Morgan fingerprint density at radius 1 is 1.62 bits per heavy atom. The van der Waals surface area contributed by atoms with Gasteiger partial charge in [0.05, 0.1) is 12.9 Å². The summed E-state index contributed by atoms with van der Waals surface area (Å²) < 4.78 is 6.75. The van der Waals surface area contributed by atoms with E-state index in [4.69, 9.17) is 10.5 Å². The SMILES string of the molecule is C[C@@]1(O)[C@@H](CO)O[C@@H](n2cnc3c(=O)[nH]c(N)nc32)[C@@H]1O. The van der Waals surface area contributed by atoms with Gasteiger partial charge in [-0.1, -0.05) is 0 Å². The van der Waals surface area contributed by atoms with Crippen molar-refractivity contribution in [2.75, 3.05) is 12.3 Å². The normalized spacial score (nSPS) is 32.9. The van der Waals surface area contributed by atoms with Gasteiger partial charge in [-0.05, 0) is 6.92 Å². The molecule has 1 aliphatic heterocycles. The summed E-state index contributed by atoms with van der Waals surface area (Å²) >= 11 is 0. The van der Waals surface area contributed by atoms with Gasteiger partial charge < -0.3 is 25.8 Å². The van der Waals surface area contributed by atoms with Gasteiger partial charge in [-0.15, -0.1) is 0 Å². The number of hydrogen-bond acceptors (Lipinski definition) is 8. The van der Waals surface area contributed by atoms with Crippen molar-refractivity contribution < 1.29 is 20.1 Å². The number of ether oxygens (including phenoxy) is 1. The average Bonchev–Trinajstić information content (AvgIpc) is 2.91. The van der Waals surface area contributed by atoms with Crippen molar-refractivity contribution in [2.45, 2.75) is 31.0 Å². The molecule has 6 N–H and O–H groups in total. The molecule has 10 heteroatoms. The Hall–Kier alpha value is -2.01. The van der Waals surface area contributed by atoms with Crippen LogP contribution in [0.1, 0.15) is 13.2 Å². The van der Waals surface area contributed by atoms with Crippen molar-refractivity contribution in [1.29, 1.82) is 0 Å². The predicted molar refractivity (Wildman–Crippen MR) is 70.2 cm³/mol. The molecule has 114 valence electrons. The maximum absolute atomic E-state index is 11.7. The second-order valence-electron chi connectivity index (χ2n) is 5.14. The number of nitrogens with two attached hydrogens (primary N) is 1. The molecule has 0 amide bonds. The maximum Gasteiger partial charge on any atom is 0.280 e. The first-order chi connectivity index (χ1) is 9.86. The summed E-state index contributed by atoms with van der Waals surface area (Å²) in [6, 6.07) is 0. The number of aromatic nitrogens is 4. The van der Waals surface area contributed by atoms with Crippen LogP contribution in [0, 0.1) is 0 Å². The van der Waals surface area contributed by atoms with E-state index in [-0.39, 0.29) is 17.1 Å². The fraction of sp³-hybridized carbons (Fsp3) is 0.545. The summed E-state index contributed by atoms with van der Waals surface area (Å²) in [4.78, 5) is 21.9. The fourth-order valence-electron chi connectivity index (χ4n) is 2.43. The van der Waals surface area contributed by atoms with Gasteiger partial charge in [-0.2, -0.15) is 4.98 Å². The number of nitrogen functional groups attached to an aromatic ring is 1. The zero-order chi connectivity index (χ0) is 15.4. The minimum atomic E-state index is -1.65. The van der Waals surface area contributed by atoms with Crippen LogP contribution in [0.2, 0.25) is 0 Å². The Balaban J connectivity index is 2.12. The van der Waals surface area contributed by atoms with E-state index in [9.17, 15) is 20.1 Å². The summed E-state index contributed by atoms with van der Waals surface area (Å²) in [6.45, 7) is 0.885. The standard InChI is InChI=1S/C11H15N5O5/c1-11(20)4(2-17)21-9(6(11)18)16-3-13-5-7(16)14-10(12)15-8(5)19/h3-4,6,9,17-18,20H,2H2,1H3,(H3,12,14,15,19)/t4-,6+,9-,11-/m1/s1. The highest BCUT2D eigenvalue weighted by molar-refractivity contribution is 5.70. The van der Waals surface area contributed by atoms with Crippen molar-refractivity contribution in [1.82, 2.24) is 19.5 Å². The van der Waals surface area contributed by atoms with Crippen molar-refractivity contribution >= 4 is 17.1 Å². The predicted octanol–water partition coefficient (Wildman–Crippen LogP) is -2.30. The highest BCUT2D eigenvalue weighted by Crippen LogP contribution is 2.37. The molecule has 1 aliphatic rings. The van der Waals surface area contributed by atoms with Crippen molar-refractivity contribution in [3.05, 3.63) is 16.7 Å². The maximum atomic E-state index is 11.7. The Bertz CT molecular complexity index is 738. The molecule has 10 nitrogen and oxygen atoms in total. The van der Waals surface area contributed by atoms with Crippen LogP contribution in [-0.2, 0) is 4.74 Å². The van der Waals surface area contributed by atoms with E-state index in [0.717, 1.165) is 0 Å². The molecule has 0 unspecified atom stereocenters. The second-order valence-corrected chi connectivity index (χ2v) is 5.14. The monoisotopic (exact) mass is 297 g/mol. The molecule has 0 bridgehead atoms. The molecular weight excluding hydrogens is 282 g/mol. The van der Waals surface area contributed by atoms with Gasteiger partial charge in [0, 0.05) is 0 Å². The van der Waals surface area contributed by atoms with Gasteiger partial charge in [0.25, 0.3) is 5.56 Å². The van der Waals surface area contributed by atoms with Crippen molar-refractivity contribution in [3.8, 4) is 0 Å². The third-order valence-electron chi connectivity index (χ3n) is 3.72. The molecule has 0 spiro atoms. The largest absolute Gasteiger partial charge is 0.394 e. The highest BCUT2D eigenvalue weighted by Gasteiger charge is 2.52. The lowest BCUT2D eigenvalue weighted by atomic mass is 9.95. The number of anilines is 1. The molecule has 1 saturated heterocycles. The van der Waals surface area contributed by atoms with Gasteiger partial charge in [-0.3, -0.25) is 14.3 Å². The second kappa shape index (κ2) is 4.49. The van der Waals surface area contributed by atoms with E-state index in [0.29, 0.717) is 0 Å². The van der Waals surface area contributed by atoms with E-state index in [2.05, 4.69) is 15.0 Å². The molecule has 0 aliphatic carbocycles. The number of imidazole rings is 1. The minimum Gasteiger partial charge on any atom is -0.394 e. The van der Waals surface area contributed by atoms with Crippen LogP contribution in [0.5, 0.6) is 0 Å². The lowest BCUT2D eigenvalue weighted by Crippen LogP contribution is -2.46. The number of aromatic amines is 1. The molecule has 0 aromatic carbocycles. The van der Waals surface area contributed by atoms with Crippen LogP contribution in [0.25, 0.3) is 11.2 Å². The third kappa shape index (κ3) is 1.92. The first-order valence-corrected chi connectivity index (χ1v) is 6.25. The van der Waals surface area contributed by atoms with E-state index < -0.39 is 36.2 Å². The Morgan fingerprint density at radius 3 is 2.95 bits per heavy atom. The number of nitrogens with one attached hydrogen (secondary N) is 1. The van der Waals surface area contributed by atoms with Crippen LogP contribution < -0.4 is 11.3 Å². The van der Waals surface area contributed by atoms with Crippen molar-refractivity contribution in [3.63, 3.8) is 0 Å².